The predicted molar refractivity (Wildman–Crippen MR) is 78.2 cm³/mol. The van der Waals surface area contributed by atoms with Gasteiger partial charge in [0.2, 0.25) is 0 Å². The van der Waals surface area contributed by atoms with Gasteiger partial charge in [-0.15, -0.1) is 12.4 Å². The third-order valence-corrected chi connectivity index (χ3v) is 2.88. The van der Waals surface area contributed by atoms with E-state index in [1.807, 2.05) is 21.8 Å². The van der Waals surface area contributed by atoms with E-state index in [1.54, 1.807) is 0 Å². The van der Waals surface area contributed by atoms with Crippen molar-refractivity contribution in [2.24, 2.45) is 0 Å². The molecule has 0 radical (unpaired) electrons. The van der Waals surface area contributed by atoms with E-state index in [1.165, 1.54) is 11.3 Å². The van der Waals surface area contributed by atoms with Crippen LogP contribution in [-0.2, 0) is 26.2 Å². The lowest BCUT2D eigenvalue weighted by atomic mass is 10.3. The number of aromatic nitrogens is 4. The highest BCUT2D eigenvalue weighted by Crippen LogP contribution is 2.01. The van der Waals surface area contributed by atoms with Crippen LogP contribution in [0.25, 0.3) is 0 Å². The zero-order valence-electron chi connectivity index (χ0n) is 11.5. The van der Waals surface area contributed by atoms with Crippen molar-refractivity contribution in [1.29, 1.82) is 0 Å². The van der Waals surface area contributed by atoms with Crippen molar-refractivity contribution in [1.82, 2.24) is 24.9 Å². The van der Waals surface area contributed by atoms with Crippen LogP contribution >= 0.6 is 12.4 Å². The summed E-state index contributed by atoms with van der Waals surface area (Å²) < 4.78 is 4.00. The number of hydrogen-bond acceptors (Lipinski definition) is 3. The molecule has 2 aromatic rings. The molecule has 2 rings (SSSR count). The Bertz CT molecular complexity index is 477. The molecule has 0 fully saturated rings. The second-order valence-corrected chi connectivity index (χ2v) is 4.35. The minimum atomic E-state index is 0. The van der Waals surface area contributed by atoms with Crippen molar-refractivity contribution in [3.63, 3.8) is 0 Å². The van der Waals surface area contributed by atoms with Gasteiger partial charge in [0.25, 0.3) is 0 Å². The highest BCUT2D eigenvalue weighted by molar-refractivity contribution is 5.85. The lowest BCUT2D eigenvalue weighted by molar-refractivity contribution is 0.580. The molecule has 5 nitrogen and oxygen atoms in total. The summed E-state index contributed by atoms with van der Waals surface area (Å²) in [7, 11) is 0. The van der Waals surface area contributed by atoms with E-state index < -0.39 is 0 Å². The Morgan fingerprint density at radius 3 is 2.79 bits per heavy atom. The average Bonchev–Trinajstić information content (AvgIpc) is 2.99. The van der Waals surface area contributed by atoms with E-state index in [-0.39, 0.29) is 12.4 Å². The topological polar surface area (TPSA) is 47.7 Å². The molecule has 0 spiro atoms. The largest absolute Gasteiger partial charge is 0.307 e. The second-order valence-electron chi connectivity index (χ2n) is 4.35. The summed E-state index contributed by atoms with van der Waals surface area (Å²) in [6.07, 6.45) is 7.00. The Kier molecular flexibility index (Phi) is 6.59. The van der Waals surface area contributed by atoms with Crippen LogP contribution < -0.4 is 5.32 Å². The van der Waals surface area contributed by atoms with Crippen LogP contribution in [0.5, 0.6) is 0 Å². The molecular formula is C13H22ClN5. The Hall–Kier alpha value is -1.33. The maximum Gasteiger partial charge on any atom is 0.0534 e. The van der Waals surface area contributed by atoms with E-state index in [2.05, 4.69) is 41.6 Å². The first-order chi connectivity index (χ1) is 8.83. The summed E-state index contributed by atoms with van der Waals surface area (Å²) in [5, 5.41) is 12.0. The van der Waals surface area contributed by atoms with Gasteiger partial charge in [-0.3, -0.25) is 9.36 Å². The van der Waals surface area contributed by atoms with Crippen LogP contribution in [0.2, 0.25) is 0 Å². The molecule has 6 heteroatoms. The summed E-state index contributed by atoms with van der Waals surface area (Å²) >= 11 is 0. The van der Waals surface area contributed by atoms with Crippen molar-refractivity contribution >= 4 is 12.4 Å². The number of hydrogen-bond donors (Lipinski definition) is 1. The second kappa shape index (κ2) is 7.96. The van der Waals surface area contributed by atoms with E-state index >= 15 is 0 Å². The molecule has 0 aromatic carbocycles. The van der Waals surface area contributed by atoms with Gasteiger partial charge in [-0.2, -0.15) is 10.2 Å². The van der Waals surface area contributed by atoms with E-state index in [4.69, 9.17) is 0 Å². The molecule has 1 N–H and O–H groups in total. The average molecular weight is 284 g/mol. The molecule has 2 aromatic heterocycles. The SMILES string of the molecule is CCCn1cc(CNCc2ccnn2CC)cn1.Cl. The fourth-order valence-corrected chi connectivity index (χ4v) is 1.98. The number of aryl methyl sites for hydroxylation is 2. The lowest BCUT2D eigenvalue weighted by Gasteiger charge is -2.05. The van der Waals surface area contributed by atoms with Crippen molar-refractivity contribution in [2.75, 3.05) is 0 Å². The van der Waals surface area contributed by atoms with Gasteiger partial charge in [0.15, 0.2) is 0 Å². The Labute approximate surface area is 120 Å². The van der Waals surface area contributed by atoms with Crippen molar-refractivity contribution in [2.45, 2.75) is 46.4 Å². The molecule has 19 heavy (non-hydrogen) atoms. The number of halogens is 1. The molecule has 0 aliphatic heterocycles. The molecule has 106 valence electrons. The van der Waals surface area contributed by atoms with Gasteiger partial charge in [0.05, 0.1) is 11.9 Å². The first kappa shape index (κ1) is 15.7. The quantitative estimate of drug-likeness (QED) is 0.848. The van der Waals surface area contributed by atoms with E-state index in [0.29, 0.717) is 0 Å². The van der Waals surface area contributed by atoms with Gasteiger partial charge < -0.3 is 5.32 Å². The first-order valence-corrected chi connectivity index (χ1v) is 6.56. The van der Waals surface area contributed by atoms with Crippen molar-refractivity contribution in [3.8, 4) is 0 Å². The summed E-state index contributed by atoms with van der Waals surface area (Å²) in [4.78, 5) is 0. The number of nitrogens with one attached hydrogen (secondary N) is 1. The Morgan fingerprint density at radius 1 is 1.21 bits per heavy atom. The van der Waals surface area contributed by atoms with Crippen LogP contribution in [0.1, 0.15) is 31.5 Å². The summed E-state index contributed by atoms with van der Waals surface area (Å²) in [6, 6.07) is 2.05. The predicted octanol–water partition coefficient (Wildman–Crippen LogP) is 2.22. The molecule has 0 saturated heterocycles. The third-order valence-electron chi connectivity index (χ3n) is 2.88. The first-order valence-electron chi connectivity index (χ1n) is 6.56. The fraction of sp³-hybridized carbons (Fsp3) is 0.538. The van der Waals surface area contributed by atoms with Gasteiger partial charge in [-0.25, -0.2) is 0 Å². The molecule has 2 heterocycles. The molecule has 0 unspecified atom stereocenters. The minimum Gasteiger partial charge on any atom is -0.307 e. The minimum absolute atomic E-state index is 0. The Morgan fingerprint density at radius 2 is 2.05 bits per heavy atom. The van der Waals surface area contributed by atoms with Gasteiger partial charge in [-0.05, 0) is 19.4 Å². The summed E-state index contributed by atoms with van der Waals surface area (Å²) in [5.74, 6) is 0. The maximum atomic E-state index is 4.31. The van der Waals surface area contributed by atoms with Gasteiger partial charge in [0, 0.05) is 44.1 Å². The van der Waals surface area contributed by atoms with Crippen LogP contribution in [0.4, 0.5) is 0 Å². The standard InChI is InChI=1S/C13H21N5.ClH/c1-3-7-17-11-12(9-16-17)8-14-10-13-5-6-15-18(13)4-2;/h5-6,9,11,14H,3-4,7-8,10H2,1-2H3;1H. The Balaban J connectivity index is 0.00000180. The third kappa shape index (κ3) is 4.36. The smallest absolute Gasteiger partial charge is 0.0534 e. The summed E-state index contributed by atoms with van der Waals surface area (Å²) in [6.45, 7) is 7.85. The van der Waals surface area contributed by atoms with Crippen molar-refractivity contribution < 1.29 is 0 Å². The maximum absolute atomic E-state index is 4.31. The molecule has 0 aliphatic rings. The highest BCUT2D eigenvalue weighted by atomic mass is 35.5. The zero-order valence-corrected chi connectivity index (χ0v) is 12.4. The van der Waals surface area contributed by atoms with E-state index in [9.17, 15) is 0 Å². The zero-order chi connectivity index (χ0) is 12.8. The van der Waals surface area contributed by atoms with E-state index in [0.717, 1.165) is 32.6 Å². The van der Waals surface area contributed by atoms with Gasteiger partial charge in [0.1, 0.15) is 0 Å². The number of rotatable bonds is 7. The van der Waals surface area contributed by atoms with Crippen LogP contribution in [0.3, 0.4) is 0 Å². The molecule has 0 aliphatic carbocycles. The van der Waals surface area contributed by atoms with Gasteiger partial charge in [-0.1, -0.05) is 6.92 Å². The molecule has 0 bridgehead atoms. The molecule has 0 saturated carbocycles. The number of nitrogens with zero attached hydrogens (tertiary/aromatic N) is 4. The molecular weight excluding hydrogens is 262 g/mol. The highest BCUT2D eigenvalue weighted by Gasteiger charge is 2.01. The van der Waals surface area contributed by atoms with Crippen LogP contribution in [0.15, 0.2) is 24.7 Å². The normalized spacial score (nSPS) is 10.4. The van der Waals surface area contributed by atoms with Crippen molar-refractivity contribution in [3.05, 3.63) is 35.9 Å². The molecule has 0 amide bonds. The lowest BCUT2D eigenvalue weighted by Crippen LogP contribution is -2.15. The fourth-order valence-electron chi connectivity index (χ4n) is 1.98. The monoisotopic (exact) mass is 283 g/mol. The van der Waals surface area contributed by atoms with Crippen LogP contribution in [0, 0.1) is 0 Å². The van der Waals surface area contributed by atoms with Crippen LogP contribution in [-0.4, -0.2) is 19.6 Å². The summed E-state index contributed by atoms with van der Waals surface area (Å²) in [5.41, 5.74) is 2.45. The molecule has 0 atom stereocenters. The van der Waals surface area contributed by atoms with Gasteiger partial charge >= 0.3 is 0 Å².